The van der Waals surface area contributed by atoms with Crippen molar-refractivity contribution in [3.8, 4) is 0 Å². The summed E-state index contributed by atoms with van der Waals surface area (Å²) < 4.78 is 29.0. The van der Waals surface area contributed by atoms with Crippen molar-refractivity contribution in [1.29, 1.82) is 0 Å². The minimum Gasteiger partial charge on any atom is -0.409 e. The van der Waals surface area contributed by atoms with Crippen molar-refractivity contribution in [3.63, 3.8) is 0 Å². The molecule has 1 aliphatic rings. The zero-order valence-electron chi connectivity index (χ0n) is 12.0. The monoisotopic (exact) mass is 316 g/mol. The van der Waals surface area contributed by atoms with Gasteiger partial charge in [-0.05, 0) is 19.9 Å². The van der Waals surface area contributed by atoms with E-state index in [1.54, 1.807) is 11.6 Å². The summed E-state index contributed by atoms with van der Waals surface area (Å²) in [6.45, 7) is 1.28. The predicted octanol–water partition coefficient (Wildman–Crippen LogP) is -1.09. The first-order chi connectivity index (χ1) is 9.79. The second kappa shape index (κ2) is 5.62. The molecule has 4 N–H and O–H groups in total. The highest BCUT2D eigenvalue weighted by atomic mass is 32.2. The standard InChI is InChI=1S/C11H20N6O3S/c1-16-5-3-11(4-6-16,10(12)14-18)15-21(19,20)9-7-17(2)8-13-9/h7-8,15,18H,3-6H2,1-2H3,(H2,12,14). The van der Waals surface area contributed by atoms with Crippen LogP contribution in [-0.4, -0.2) is 59.6 Å². The Labute approximate surface area is 123 Å². The zero-order valence-corrected chi connectivity index (χ0v) is 12.8. The molecule has 21 heavy (non-hydrogen) atoms. The molecular formula is C11H20N6O3S. The van der Waals surface area contributed by atoms with Crippen LogP contribution in [0.4, 0.5) is 0 Å². The first-order valence-electron chi connectivity index (χ1n) is 6.47. The van der Waals surface area contributed by atoms with Gasteiger partial charge in [0.15, 0.2) is 10.9 Å². The number of nitrogens with one attached hydrogen (secondary N) is 1. The second-order valence-electron chi connectivity index (χ2n) is 5.35. The van der Waals surface area contributed by atoms with Crippen LogP contribution in [0.3, 0.4) is 0 Å². The van der Waals surface area contributed by atoms with Crippen LogP contribution < -0.4 is 10.5 Å². The van der Waals surface area contributed by atoms with Gasteiger partial charge in [-0.1, -0.05) is 5.16 Å². The second-order valence-corrected chi connectivity index (χ2v) is 6.98. The minimum absolute atomic E-state index is 0.0888. The van der Waals surface area contributed by atoms with E-state index in [4.69, 9.17) is 10.9 Å². The summed E-state index contributed by atoms with van der Waals surface area (Å²) in [4.78, 5) is 5.90. The normalized spacial score (nSPS) is 20.6. The molecule has 1 saturated heterocycles. The van der Waals surface area contributed by atoms with E-state index in [0.29, 0.717) is 25.9 Å². The van der Waals surface area contributed by atoms with Gasteiger partial charge in [0.2, 0.25) is 0 Å². The minimum atomic E-state index is -3.84. The van der Waals surface area contributed by atoms with Crippen LogP contribution in [0.25, 0.3) is 0 Å². The van der Waals surface area contributed by atoms with Gasteiger partial charge in [-0.15, -0.1) is 0 Å². The molecule has 118 valence electrons. The van der Waals surface area contributed by atoms with Crippen LogP contribution in [-0.2, 0) is 17.1 Å². The van der Waals surface area contributed by atoms with Crippen LogP contribution >= 0.6 is 0 Å². The number of nitrogens with zero attached hydrogens (tertiary/aromatic N) is 4. The highest BCUT2D eigenvalue weighted by Gasteiger charge is 2.42. The number of imidazole rings is 1. The number of oxime groups is 1. The molecule has 0 spiro atoms. The molecule has 0 atom stereocenters. The Morgan fingerprint density at radius 3 is 2.57 bits per heavy atom. The molecule has 1 aromatic heterocycles. The first-order valence-corrected chi connectivity index (χ1v) is 7.96. The molecule has 0 amide bonds. The van der Waals surface area contributed by atoms with Gasteiger partial charge in [-0.3, -0.25) is 0 Å². The van der Waals surface area contributed by atoms with Gasteiger partial charge in [-0.25, -0.2) is 13.4 Å². The van der Waals surface area contributed by atoms with Crippen molar-refractivity contribution in [2.24, 2.45) is 17.9 Å². The lowest BCUT2D eigenvalue weighted by atomic mass is 9.88. The number of rotatable bonds is 4. The van der Waals surface area contributed by atoms with E-state index in [0.717, 1.165) is 0 Å². The van der Waals surface area contributed by atoms with Crippen LogP contribution in [0.2, 0.25) is 0 Å². The summed E-state index contributed by atoms with van der Waals surface area (Å²) in [6.07, 6.45) is 3.65. The maximum absolute atomic E-state index is 12.4. The summed E-state index contributed by atoms with van der Waals surface area (Å²) in [5.41, 5.74) is 4.66. The molecule has 9 nitrogen and oxygen atoms in total. The molecule has 0 aliphatic carbocycles. The first kappa shape index (κ1) is 15.7. The van der Waals surface area contributed by atoms with E-state index in [1.807, 2.05) is 7.05 Å². The molecule has 0 radical (unpaired) electrons. The molecular weight excluding hydrogens is 296 g/mol. The molecule has 1 aromatic rings. The van der Waals surface area contributed by atoms with E-state index in [1.165, 1.54) is 12.5 Å². The number of sulfonamides is 1. The maximum Gasteiger partial charge on any atom is 0.260 e. The maximum atomic E-state index is 12.4. The van der Waals surface area contributed by atoms with Crippen LogP contribution in [0.15, 0.2) is 22.7 Å². The van der Waals surface area contributed by atoms with Gasteiger partial charge in [0.25, 0.3) is 10.0 Å². The van der Waals surface area contributed by atoms with Gasteiger partial charge in [0.05, 0.1) is 11.9 Å². The van der Waals surface area contributed by atoms with Crippen molar-refractivity contribution in [2.75, 3.05) is 20.1 Å². The Hall–Kier alpha value is -1.65. The number of hydrogen-bond acceptors (Lipinski definition) is 6. The van der Waals surface area contributed by atoms with Gasteiger partial charge >= 0.3 is 0 Å². The summed E-state index contributed by atoms with van der Waals surface area (Å²) in [7, 11) is -0.227. The number of hydrogen-bond donors (Lipinski definition) is 3. The summed E-state index contributed by atoms with van der Waals surface area (Å²) in [5.74, 6) is -0.130. The molecule has 1 aliphatic heterocycles. The number of aromatic nitrogens is 2. The van der Waals surface area contributed by atoms with Crippen molar-refractivity contribution >= 4 is 15.9 Å². The lowest BCUT2D eigenvalue weighted by Gasteiger charge is -2.39. The number of aryl methyl sites for hydroxylation is 1. The molecule has 2 rings (SSSR count). The largest absolute Gasteiger partial charge is 0.409 e. The highest BCUT2D eigenvalue weighted by molar-refractivity contribution is 7.89. The van der Waals surface area contributed by atoms with E-state index in [-0.39, 0.29) is 10.9 Å². The average Bonchev–Trinajstić information content (AvgIpc) is 2.88. The smallest absolute Gasteiger partial charge is 0.260 e. The molecule has 0 aromatic carbocycles. The predicted molar refractivity (Wildman–Crippen MR) is 76.4 cm³/mol. The third-order valence-electron chi connectivity index (χ3n) is 3.72. The quantitative estimate of drug-likeness (QED) is 0.280. The average molecular weight is 316 g/mol. The van der Waals surface area contributed by atoms with Crippen LogP contribution in [0.5, 0.6) is 0 Å². The van der Waals surface area contributed by atoms with E-state index >= 15 is 0 Å². The van der Waals surface area contributed by atoms with E-state index < -0.39 is 15.6 Å². The fourth-order valence-corrected chi connectivity index (χ4v) is 3.76. The Bertz CT molecular complexity index is 630. The fourth-order valence-electron chi connectivity index (χ4n) is 2.34. The molecule has 2 heterocycles. The van der Waals surface area contributed by atoms with Crippen molar-refractivity contribution in [3.05, 3.63) is 12.5 Å². The Kier molecular flexibility index (Phi) is 4.21. The van der Waals surface area contributed by atoms with Crippen molar-refractivity contribution < 1.29 is 13.6 Å². The zero-order chi connectivity index (χ0) is 15.7. The van der Waals surface area contributed by atoms with Crippen LogP contribution in [0.1, 0.15) is 12.8 Å². The highest BCUT2D eigenvalue weighted by Crippen LogP contribution is 2.24. The molecule has 0 unspecified atom stereocenters. The van der Waals surface area contributed by atoms with Gasteiger partial charge in [-0.2, -0.15) is 4.72 Å². The summed E-state index contributed by atoms with van der Waals surface area (Å²) >= 11 is 0. The van der Waals surface area contributed by atoms with Crippen molar-refractivity contribution in [1.82, 2.24) is 19.2 Å². The number of piperidine rings is 1. The Morgan fingerprint density at radius 1 is 1.48 bits per heavy atom. The van der Waals surface area contributed by atoms with Crippen molar-refractivity contribution in [2.45, 2.75) is 23.4 Å². The molecule has 10 heteroatoms. The van der Waals surface area contributed by atoms with Gasteiger partial charge in [0, 0.05) is 26.3 Å². The lowest BCUT2D eigenvalue weighted by molar-refractivity contribution is 0.213. The molecule has 0 saturated carbocycles. The molecule has 1 fully saturated rings. The van der Waals surface area contributed by atoms with E-state index in [2.05, 4.69) is 19.8 Å². The topological polar surface area (TPSA) is 126 Å². The summed E-state index contributed by atoms with van der Waals surface area (Å²) in [6, 6.07) is 0. The number of amidine groups is 1. The van der Waals surface area contributed by atoms with Gasteiger partial charge in [0.1, 0.15) is 0 Å². The third-order valence-corrected chi connectivity index (χ3v) is 5.15. The Morgan fingerprint density at radius 2 is 2.10 bits per heavy atom. The third kappa shape index (κ3) is 3.17. The summed E-state index contributed by atoms with van der Waals surface area (Å²) in [5, 5.41) is 11.9. The van der Waals surface area contributed by atoms with E-state index in [9.17, 15) is 8.42 Å². The fraction of sp³-hybridized carbons (Fsp3) is 0.636. The van der Waals surface area contributed by atoms with Gasteiger partial charge < -0.3 is 20.4 Å². The number of nitrogens with two attached hydrogens (primary N) is 1. The molecule has 0 bridgehead atoms. The van der Waals surface area contributed by atoms with Crippen LogP contribution in [0, 0.1) is 0 Å². The lowest BCUT2D eigenvalue weighted by Crippen LogP contribution is -2.61. The number of likely N-dealkylation sites (tertiary alicyclic amines) is 1. The SMILES string of the molecule is CN1CCC(NS(=O)(=O)c2cn(C)cn2)(C(N)=NO)CC1. The Balaban J connectivity index is 2.31.